The van der Waals surface area contributed by atoms with Crippen molar-refractivity contribution in [1.82, 2.24) is 20.4 Å². The molecule has 0 unspecified atom stereocenters. The predicted molar refractivity (Wildman–Crippen MR) is 84.3 cm³/mol. The van der Waals surface area contributed by atoms with Crippen molar-refractivity contribution in [2.24, 2.45) is 0 Å². The van der Waals surface area contributed by atoms with Crippen molar-refractivity contribution >= 4 is 0 Å². The maximum absolute atomic E-state index is 13.0. The highest BCUT2D eigenvalue weighted by molar-refractivity contribution is 5.65. The summed E-state index contributed by atoms with van der Waals surface area (Å²) in [4.78, 5) is 1.88. The number of aromatic amines is 1. The molecule has 0 atom stereocenters. The smallest absolute Gasteiger partial charge is 0.318 e. The van der Waals surface area contributed by atoms with E-state index >= 15 is 0 Å². The average molecular weight is 380 g/mol. The molecule has 0 saturated heterocycles. The van der Waals surface area contributed by atoms with Gasteiger partial charge >= 0.3 is 12.4 Å². The van der Waals surface area contributed by atoms with Gasteiger partial charge in [-0.1, -0.05) is 0 Å². The molecule has 10 heteroatoms. The number of hydrogen-bond acceptors (Lipinski definition) is 3. The number of halogens is 6. The Kier molecular flexibility index (Phi) is 5.97. The molecule has 1 heterocycles. The molecule has 144 valence electrons. The van der Waals surface area contributed by atoms with E-state index in [0.717, 1.165) is 0 Å². The number of likely N-dealkylation sites (N-methyl/N-ethyl adjacent to an activating group) is 2. The highest BCUT2D eigenvalue weighted by atomic mass is 19.4. The summed E-state index contributed by atoms with van der Waals surface area (Å²) >= 11 is 0. The molecule has 4 nitrogen and oxygen atoms in total. The zero-order valence-electron chi connectivity index (χ0n) is 14.1. The van der Waals surface area contributed by atoms with Crippen LogP contribution in [-0.2, 0) is 18.9 Å². The molecule has 2 N–H and O–H groups in total. The second-order valence-electron chi connectivity index (χ2n) is 5.89. The minimum Gasteiger partial charge on any atom is -0.318 e. The normalized spacial score (nSPS) is 12.8. The Bertz CT molecular complexity index is 703. The first-order valence-corrected chi connectivity index (χ1v) is 7.68. The van der Waals surface area contributed by atoms with E-state index in [0.29, 0.717) is 37.3 Å². The number of nitrogens with one attached hydrogen (secondary N) is 2. The molecule has 0 fully saturated rings. The fourth-order valence-corrected chi connectivity index (χ4v) is 2.45. The monoisotopic (exact) mass is 380 g/mol. The Balaban J connectivity index is 2.44. The second kappa shape index (κ2) is 7.67. The molecule has 0 radical (unpaired) electrons. The number of aromatic nitrogens is 2. The van der Waals surface area contributed by atoms with Gasteiger partial charge in [0, 0.05) is 37.0 Å². The number of H-pyrrole nitrogens is 1. The van der Waals surface area contributed by atoms with Gasteiger partial charge in [-0.3, -0.25) is 5.10 Å². The predicted octanol–water partition coefficient (Wildman–Crippen LogP) is 3.77. The minimum absolute atomic E-state index is 0.0675. The molecule has 26 heavy (non-hydrogen) atoms. The topological polar surface area (TPSA) is 44.0 Å². The van der Waals surface area contributed by atoms with Gasteiger partial charge in [-0.25, -0.2) is 0 Å². The van der Waals surface area contributed by atoms with E-state index in [2.05, 4.69) is 15.5 Å². The van der Waals surface area contributed by atoms with Gasteiger partial charge in [-0.15, -0.1) is 0 Å². The van der Waals surface area contributed by atoms with Crippen LogP contribution in [0.15, 0.2) is 24.4 Å². The Labute approximate surface area is 146 Å². The average Bonchev–Trinajstić information content (AvgIpc) is 2.99. The third-order valence-corrected chi connectivity index (χ3v) is 3.76. The maximum atomic E-state index is 13.0. The summed E-state index contributed by atoms with van der Waals surface area (Å²) in [7, 11) is 3.57. The molecule has 2 aromatic rings. The number of nitrogens with zero attached hydrogens (tertiary/aromatic N) is 2. The first kappa shape index (κ1) is 20.2. The van der Waals surface area contributed by atoms with Gasteiger partial charge in [0.05, 0.1) is 16.8 Å². The van der Waals surface area contributed by atoms with E-state index in [9.17, 15) is 26.3 Å². The first-order chi connectivity index (χ1) is 12.0. The zero-order chi connectivity index (χ0) is 19.5. The highest BCUT2D eigenvalue weighted by Gasteiger charge is 2.37. The van der Waals surface area contributed by atoms with Gasteiger partial charge in [-0.05, 0) is 32.3 Å². The Morgan fingerprint density at radius 2 is 1.62 bits per heavy atom. The standard InChI is InChI=1S/C16H18F6N4/c1-23-3-4-26(2)9-11-8-24-25-14(11)10-5-12(15(17,18)19)7-13(6-10)16(20,21)22/h5-8,23H,3-4,9H2,1-2H3,(H,24,25). The molecule has 0 aliphatic rings. The van der Waals surface area contributed by atoms with Gasteiger partial charge in [0.25, 0.3) is 0 Å². The lowest BCUT2D eigenvalue weighted by atomic mass is 10.0. The van der Waals surface area contributed by atoms with Gasteiger partial charge in [-0.2, -0.15) is 31.4 Å². The Hall–Kier alpha value is -2.07. The van der Waals surface area contributed by atoms with Gasteiger partial charge in [0.15, 0.2) is 0 Å². The van der Waals surface area contributed by atoms with Crippen LogP contribution in [0, 0.1) is 0 Å². The van der Waals surface area contributed by atoms with E-state index in [1.54, 1.807) is 14.1 Å². The van der Waals surface area contributed by atoms with E-state index in [1.165, 1.54) is 6.20 Å². The lowest BCUT2D eigenvalue weighted by Crippen LogP contribution is -2.27. The van der Waals surface area contributed by atoms with Crippen LogP contribution < -0.4 is 5.32 Å². The molecule has 0 aliphatic carbocycles. The summed E-state index contributed by atoms with van der Waals surface area (Å²) in [6, 6.07) is 1.47. The van der Waals surface area contributed by atoms with Crippen LogP contribution in [0.4, 0.5) is 26.3 Å². The largest absolute Gasteiger partial charge is 0.416 e. The molecule has 1 aromatic heterocycles. The number of hydrogen-bond donors (Lipinski definition) is 2. The Morgan fingerprint density at radius 3 is 2.12 bits per heavy atom. The molecule has 0 saturated carbocycles. The fraction of sp³-hybridized carbons (Fsp3) is 0.438. The molecule has 1 aromatic carbocycles. The maximum Gasteiger partial charge on any atom is 0.416 e. The van der Waals surface area contributed by atoms with Crippen LogP contribution in [-0.4, -0.2) is 42.3 Å². The summed E-state index contributed by atoms with van der Waals surface area (Å²) in [6.45, 7) is 1.66. The van der Waals surface area contributed by atoms with Crippen molar-refractivity contribution in [2.75, 3.05) is 27.2 Å². The van der Waals surface area contributed by atoms with Crippen LogP contribution in [0.5, 0.6) is 0 Å². The van der Waals surface area contributed by atoms with E-state index in [4.69, 9.17) is 0 Å². The molecule has 0 spiro atoms. The number of alkyl halides is 6. The summed E-state index contributed by atoms with van der Waals surface area (Å²) in [5.74, 6) is 0. The van der Waals surface area contributed by atoms with Gasteiger partial charge in [0.1, 0.15) is 0 Å². The molecule has 2 rings (SSSR count). The van der Waals surface area contributed by atoms with Crippen LogP contribution in [0.3, 0.4) is 0 Å². The first-order valence-electron chi connectivity index (χ1n) is 7.68. The lowest BCUT2D eigenvalue weighted by Gasteiger charge is -2.17. The van der Waals surface area contributed by atoms with E-state index in [1.807, 2.05) is 4.90 Å². The SMILES string of the molecule is CNCCN(C)Cc1c[nH]nc1-c1cc(C(F)(F)F)cc(C(F)(F)F)c1. The van der Waals surface area contributed by atoms with Gasteiger partial charge in [0.2, 0.25) is 0 Å². The fourth-order valence-electron chi connectivity index (χ4n) is 2.45. The van der Waals surface area contributed by atoms with Crippen molar-refractivity contribution in [1.29, 1.82) is 0 Å². The third kappa shape index (κ3) is 4.98. The van der Waals surface area contributed by atoms with Crippen molar-refractivity contribution in [3.8, 4) is 11.3 Å². The van der Waals surface area contributed by atoms with Gasteiger partial charge < -0.3 is 10.2 Å². The van der Waals surface area contributed by atoms with Crippen molar-refractivity contribution in [3.05, 3.63) is 41.1 Å². The van der Waals surface area contributed by atoms with Crippen LogP contribution in [0.25, 0.3) is 11.3 Å². The van der Waals surface area contributed by atoms with Crippen molar-refractivity contribution in [3.63, 3.8) is 0 Å². The molecular formula is C16H18F6N4. The van der Waals surface area contributed by atoms with Crippen LogP contribution >= 0.6 is 0 Å². The second-order valence-corrected chi connectivity index (χ2v) is 5.89. The third-order valence-electron chi connectivity index (χ3n) is 3.76. The highest BCUT2D eigenvalue weighted by Crippen LogP contribution is 2.38. The van der Waals surface area contributed by atoms with E-state index in [-0.39, 0.29) is 17.3 Å². The van der Waals surface area contributed by atoms with Crippen molar-refractivity contribution in [2.45, 2.75) is 18.9 Å². The summed E-state index contributed by atoms with van der Waals surface area (Å²) < 4.78 is 78.1. The minimum atomic E-state index is -4.89. The van der Waals surface area contributed by atoms with Crippen molar-refractivity contribution < 1.29 is 26.3 Å². The zero-order valence-corrected chi connectivity index (χ0v) is 14.1. The lowest BCUT2D eigenvalue weighted by molar-refractivity contribution is -0.143. The van der Waals surface area contributed by atoms with Crippen LogP contribution in [0.1, 0.15) is 16.7 Å². The molecule has 0 bridgehead atoms. The summed E-state index contributed by atoms with van der Waals surface area (Å²) in [5, 5.41) is 9.34. The Morgan fingerprint density at radius 1 is 1.04 bits per heavy atom. The quantitative estimate of drug-likeness (QED) is 0.750. The summed E-state index contributed by atoms with van der Waals surface area (Å²) in [6.07, 6.45) is -8.31. The molecule has 0 amide bonds. The molecular weight excluding hydrogens is 362 g/mol. The molecule has 0 aliphatic heterocycles. The number of rotatable bonds is 6. The van der Waals surface area contributed by atoms with Crippen LogP contribution in [0.2, 0.25) is 0 Å². The summed E-state index contributed by atoms with van der Waals surface area (Å²) in [5.41, 5.74) is -2.38. The van der Waals surface area contributed by atoms with E-state index < -0.39 is 23.5 Å². The number of benzene rings is 1.